The molecule has 0 atom stereocenters. The number of carbonyl (C=O) groups excluding carboxylic acids is 1. The summed E-state index contributed by atoms with van der Waals surface area (Å²) in [6, 6.07) is 6.01. The molecule has 1 aliphatic heterocycles. The first-order valence-electron chi connectivity index (χ1n) is 6.02. The van der Waals surface area contributed by atoms with Crippen molar-refractivity contribution >= 4 is 37.8 Å². The van der Waals surface area contributed by atoms with Gasteiger partial charge in [0.05, 0.1) is 0 Å². The van der Waals surface area contributed by atoms with E-state index >= 15 is 0 Å². The SMILES string of the molecule is CN(C(=O)c1cc(Br)cc(Br)c1)C1CCNCC1. The Morgan fingerprint density at radius 2 is 1.78 bits per heavy atom. The second kappa shape index (κ2) is 6.17. The Morgan fingerprint density at radius 3 is 2.33 bits per heavy atom. The van der Waals surface area contributed by atoms with Gasteiger partial charge < -0.3 is 10.2 Å². The van der Waals surface area contributed by atoms with Gasteiger partial charge in [0, 0.05) is 27.6 Å². The van der Waals surface area contributed by atoms with E-state index in [9.17, 15) is 4.79 Å². The summed E-state index contributed by atoms with van der Waals surface area (Å²) in [4.78, 5) is 14.3. The van der Waals surface area contributed by atoms with Crippen molar-refractivity contribution in [1.82, 2.24) is 10.2 Å². The van der Waals surface area contributed by atoms with E-state index in [-0.39, 0.29) is 5.91 Å². The number of halogens is 2. The van der Waals surface area contributed by atoms with E-state index < -0.39 is 0 Å². The van der Waals surface area contributed by atoms with Crippen molar-refractivity contribution in [2.75, 3.05) is 20.1 Å². The molecule has 1 aliphatic rings. The molecule has 0 aliphatic carbocycles. The maximum Gasteiger partial charge on any atom is 0.253 e. The number of amides is 1. The largest absolute Gasteiger partial charge is 0.339 e. The number of nitrogens with one attached hydrogen (secondary N) is 1. The van der Waals surface area contributed by atoms with Gasteiger partial charge in [-0.3, -0.25) is 4.79 Å². The zero-order valence-electron chi connectivity index (χ0n) is 10.2. The predicted octanol–water partition coefficient (Wildman–Crippen LogP) is 3.04. The fraction of sp³-hybridized carbons (Fsp3) is 0.462. The van der Waals surface area contributed by atoms with Gasteiger partial charge in [0.1, 0.15) is 0 Å². The minimum Gasteiger partial charge on any atom is -0.339 e. The van der Waals surface area contributed by atoms with Crippen molar-refractivity contribution in [3.63, 3.8) is 0 Å². The van der Waals surface area contributed by atoms with Crippen LogP contribution in [0.15, 0.2) is 27.1 Å². The summed E-state index contributed by atoms with van der Waals surface area (Å²) in [5.41, 5.74) is 0.720. The van der Waals surface area contributed by atoms with Gasteiger partial charge in [-0.15, -0.1) is 0 Å². The van der Waals surface area contributed by atoms with E-state index in [1.165, 1.54) is 0 Å². The van der Waals surface area contributed by atoms with Crippen LogP contribution in [0.25, 0.3) is 0 Å². The highest BCUT2D eigenvalue weighted by molar-refractivity contribution is 9.11. The highest BCUT2D eigenvalue weighted by Gasteiger charge is 2.23. The number of carbonyl (C=O) groups is 1. The van der Waals surface area contributed by atoms with Gasteiger partial charge in [-0.1, -0.05) is 31.9 Å². The molecular weight excluding hydrogens is 360 g/mol. The van der Waals surface area contributed by atoms with Crippen molar-refractivity contribution in [2.24, 2.45) is 0 Å². The lowest BCUT2D eigenvalue weighted by Crippen LogP contribution is -2.43. The molecule has 0 bridgehead atoms. The molecule has 0 unspecified atom stereocenters. The van der Waals surface area contributed by atoms with Gasteiger partial charge in [0.2, 0.25) is 0 Å². The topological polar surface area (TPSA) is 32.3 Å². The summed E-state index contributed by atoms with van der Waals surface area (Å²) >= 11 is 6.83. The minimum absolute atomic E-state index is 0.0869. The van der Waals surface area contributed by atoms with Crippen LogP contribution < -0.4 is 5.32 Å². The molecule has 0 radical (unpaired) electrons. The van der Waals surface area contributed by atoms with Crippen molar-refractivity contribution in [1.29, 1.82) is 0 Å². The van der Waals surface area contributed by atoms with Gasteiger partial charge in [0.15, 0.2) is 0 Å². The maximum absolute atomic E-state index is 12.4. The molecule has 1 amide bonds. The summed E-state index contributed by atoms with van der Waals surface area (Å²) in [5.74, 6) is 0.0869. The van der Waals surface area contributed by atoms with Crippen LogP contribution in [0, 0.1) is 0 Å². The Morgan fingerprint density at radius 1 is 1.22 bits per heavy atom. The first kappa shape index (κ1) is 14.0. The van der Waals surface area contributed by atoms with Crippen molar-refractivity contribution in [3.05, 3.63) is 32.7 Å². The van der Waals surface area contributed by atoms with E-state index in [0.717, 1.165) is 40.4 Å². The molecule has 3 nitrogen and oxygen atoms in total. The number of benzene rings is 1. The Balaban J connectivity index is 2.14. The first-order chi connectivity index (χ1) is 8.58. The second-order valence-electron chi connectivity index (χ2n) is 4.56. The summed E-state index contributed by atoms with van der Waals surface area (Å²) in [5, 5.41) is 3.31. The van der Waals surface area contributed by atoms with Crippen LogP contribution in [0.1, 0.15) is 23.2 Å². The molecule has 1 aromatic carbocycles. The Hall–Kier alpha value is -0.390. The zero-order chi connectivity index (χ0) is 13.1. The third-order valence-electron chi connectivity index (χ3n) is 3.29. The van der Waals surface area contributed by atoms with E-state index in [0.29, 0.717) is 6.04 Å². The quantitative estimate of drug-likeness (QED) is 0.861. The lowest BCUT2D eigenvalue weighted by Gasteiger charge is -2.31. The van der Waals surface area contributed by atoms with Gasteiger partial charge in [-0.25, -0.2) is 0 Å². The van der Waals surface area contributed by atoms with Crippen molar-refractivity contribution in [3.8, 4) is 0 Å². The summed E-state index contributed by atoms with van der Waals surface area (Å²) in [6.45, 7) is 1.98. The second-order valence-corrected chi connectivity index (χ2v) is 6.39. The number of hydrogen-bond acceptors (Lipinski definition) is 2. The lowest BCUT2D eigenvalue weighted by molar-refractivity contribution is 0.0703. The molecule has 0 saturated carbocycles. The standard InChI is InChI=1S/C13H16Br2N2O/c1-17(12-2-4-16-5-3-12)13(18)9-6-10(14)8-11(15)7-9/h6-8,12,16H,2-5H2,1H3. The van der Waals surface area contributed by atoms with E-state index in [1.807, 2.05) is 30.1 Å². The van der Waals surface area contributed by atoms with Crippen LogP contribution in [-0.4, -0.2) is 37.0 Å². The highest BCUT2D eigenvalue weighted by atomic mass is 79.9. The molecule has 0 spiro atoms. The average molecular weight is 376 g/mol. The normalized spacial score (nSPS) is 16.6. The molecule has 1 fully saturated rings. The van der Waals surface area contributed by atoms with E-state index in [2.05, 4.69) is 37.2 Å². The molecule has 98 valence electrons. The average Bonchev–Trinajstić information content (AvgIpc) is 2.37. The fourth-order valence-corrected chi connectivity index (χ4v) is 3.53. The van der Waals surface area contributed by atoms with Crippen molar-refractivity contribution in [2.45, 2.75) is 18.9 Å². The molecule has 1 heterocycles. The molecule has 5 heteroatoms. The maximum atomic E-state index is 12.4. The van der Waals surface area contributed by atoms with Crippen LogP contribution in [0.4, 0.5) is 0 Å². The van der Waals surface area contributed by atoms with E-state index in [1.54, 1.807) is 0 Å². The van der Waals surface area contributed by atoms with Crippen LogP contribution in [-0.2, 0) is 0 Å². The Kier molecular flexibility index (Phi) is 4.81. The Labute approximate surface area is 124 Å². The molecule has 1 aromatic rings. The van der Waals surface area contributed by atoms with Crippen molar-refractivity contribution < 1.29 is 4.79 Å². The predicted molar refractivity (Wildman–Crippen MR) is 79.8 cm³/mol. The van der Waals surface area contributed by atoms with Gasteiger partial charge in [0.25, 0.3) is 5.91 Å². The summed E-state index contributed by atoms with van der Waals surface area (Å²) < 4.78 is 1.83. The number of piperidine rings is 1. The number of nitrogens with zero attached hydrogens (tertiary/aromatic N) is 1. The fourth-order valence-electron chi connectivity index (χ4n) is 2.24. The Bertz CT molecular complexity index is 424. The molecule has 18 heavy (non-hydrogen) atoms. The molecule has 2 rings (SSSR count). The molecule has 1 N–H and O–H groups in total. The third kappa shape index (κ3) is 3.33. The van der Waals surface area contributed by atoms with Crippen LogP contribution in [0.3, 0.4) is 0 Å². The smallest absolute Gasteiger partial charge is 0.253 e. The summed E-state index contributed by atoms with van der Waals surface area (Å²) in [7, 11) is 1.90. The monoisotopic (exact) mass is 374 g/mol. The first-order valence-corrected chi connectivity index (χ1v) is 7.60. The number of hydrogen-bond donors (Lipinski definition) is 1. The lowest BCUT2D eigenvalue weighted by atomic mass is 10.0. The highest BCUT2D eigenvalue weighted by Crippen LogP contribution is 2.22. The van der Waals surface area contributed by atoms with Gasteiger partial charge in [-0.2, -0.15) is 0 Å². The number of rotatable bonds is 2. The van der Waals surface area contributed by atoms with Crippen LogP contribution in [0.2, 0.25) is 0 Å². The molecule has 0 aromatic heterocycles. The minimum atomic E-state index is 0.0869. The van der Waals surface area contributed by atoms with Gasteiger partial charge >= 0.3 is 0 Å². The molecule has 1 saturated heterocycles. The molecular formula is C13H16Br2N2O. The van der Waals surface area contributed by atoms with Gasteiger partial charge in [-0.05, 0) is 44.1 Å². The van der Waals surface area contributed by atoms with E-state index in [4.69, 9.17) is 0 Å². The zero-order valence-corrected chi connectivity index (χ0v) is 13.4. The van der Waals surface area contributed by atoms with Crippen LogP contribution in [0.5, 0.6) is 0 Å². The summed E-state index contributed by atoms with van der Waals surface area (Å²) in [6.07, 6.45) is 2.05. The third-order valence-corrected chi connectivity index (χ3v) is 4.20. The van der Waals surface area contributed by atoms with Crippen LogP contribution >= 0.6 is 31.9 Å².